The fourth-order valence-corrected chi connectivity index (χ4v) is 1.63. The van der Waals surface area contributed by atoms with Crippen molar-refractivity contribution in [2.45, 2.75) is 19.4 Å². The molecule has 5 heteroatoms. The van der Waals surface area contributed by atoms with Gasteiger partial charge in [0, 0.05) is 25.4 Å². The molecular weight excluding hydrogens is 209 g/mol. The van der Waals surface area contributed by atoms with Crippen molar-refractivity contribution in [2.24, 2.45) is 11.7 Å². The van der Waals surface area contributed by atoms with Crippen LogP contribution in [0, 0.1) is 5.92 Å². The van der Waals surface area contributed by atoms with Crippen molar-refractivity contribution < 1.29 is 0 Å². The van der Waals surface area contributed by atoms with Crippen LogP contribution in [0.25, 0.3) is 0 Å². The van der Waals surface area contributed by atoms with Gasteiger partial charge < -0.3 is 10.3 Å². The quantitative estimate of drug-likeness (QED) is 0.780. The maximum atomic E-state index is 5.60. The molecule has 0 saturated heterocycles. The molecule has 0 saturated carbocycles. The number of nitrogens with zero attached hydrogens (tertiary/aromatic N) is 2. The van der Waals surface area contributed by atoms with Crippen LogP contribution in [-0.2, 0) is 13.0 Å². The number of halogens is 2. The summed E-state index contributed by atoms with van der Waals surface area (Å²) in [4.78, 5) is 4.25. The molecule has 0 spiro atoms. The molecule has 0 fully saturated rings. The van der Waals surface area contributed by atoms with Crippen molar-refractivity contribution in [3.63, 3.8) is 0 Å². The van der Waals surface area contributed by atoms with Crippen LogP contribution >= 0.6 is 24.8 Å². The Labute approximate surface area is 90.5 Å². The minimum atomic E-state index is 0. The van der Waals surface area contributed by atoms with E-state index in [1.54, 1.807) is 0 Å². The highest BCUT2D eigenvalue weighted by Crippen LogP contribution is 2.16. The molecule has 1 aromatic heterocycles. The molecule has 1 aromatic rings. The number of hydrogen-bond acceptors (Lipinski definition) is 2. The van der Waals surface area contributed by atoms with Crippen LogP contribution in [-0.4, -0.2) is 16.1 Å². The van der Waals surface area contributed by atoms with Gasteiger partial charge in [-0.15, -0.1) is 24.8 Å². The summed E-state index contributed by atoms with van der Waals surface area (Å²) in [5, 5.41) is 0. The molecule has 1 unspecified atom stereocenters. The Hall–Kier alpha value is -0.250. The van der Waals surface area contributed by atoms with E-state index in [9.17, 15) is 0 Å². The maximum absolute atomic E-state index is 5.60. The minimum absolute atomic E-state index is 0. The van der Waals surface area contributed by atoms with Gasteiger partial charge in [-0.1, -0.05) is 0 Å². The molecule has 3 nitrogen and oxygen atoms in total. The average molecular weight is 224 g/mol. The van der Waals surface area contributed by atoms with Crippen molar-refractivity contribution in [1.82, 2.24) is 9.55 Å². The van der Waals surface area contributed by atoms with Crippen LogP contribution in [0.2, 0.25) is 0 Å². The van der Waals surface area contributed by atoms with Gasteiger partial charge in [0.25, 0.3) is 0 Å². The van der Waals surface area contributed by atoms with E-state index < -0.39 is 0 Å². The largest absolute Gasteiger partial charge is 0.335 e. The summed E-state index contributed by atoms with van der Waals surface area (Å²) in [7, 11) is 0. The Balaban J connectivity index is 0.000000720. The van der Waals surface area contributed by atoms with Gasteiger partial charge in [0.05, 0.1) is 0 Å². The highest BCUT2D eigenvalue weighted by atomic mass is 35.5. The Morgan fingerprint density at radius 2 is 2.31 bits per heavy atom. The second kappa shape index (κ2) is 5.47. The van der Waals surface area contributed by atoms with E-state index in [4.69, 9.17) is 5.73 Å². The van der Waals surface area contributed by atoms with E-state index >= 15 is 0 Å². The molecule has 0 amide bonds. The molecule has 1 aliphatic heterocycles. The first-order valence-corrected chi connectivity index (χ1v) is 4.10. The first kappa shape index (κ1) is 12.8. The number of aromatic nitrogens is 2. The van der Waals surface area contributed by atoms with Gasteiger partial charge in [-0.25, -0.2) is 4.98 Å². The SMILES string of the molecule is Cl.Cl.NCC1CCc2nccn2C1. The van der Waals surface area contributed by atoms with Crippen LogP contribution in [0.5, 0.6) is 0 Å². The van der Waals surface area contributed by atoms with Gasteiger partial charge in [-0.2, -0.15) is 0 Å². The molecule has 2 rings (SSSR count). The lowest BCUT2D eigenvalue weighted by Gasteiger charge is -2.21. The Kier molecular flexibility index (Phi) is 5.37. The third-order valence-electron chi connectivity index (χ3n) is 2.37. The first-order chi connectivity index (χ1) is 5.40. The zero-order valence-electron chi connectivity index (χ0n) is 7.35. The summed E-state index contributed by atoms with van der Waals surface area (Å²) in [6.07, 6.45) is 6.20. The Morgan fingerprint density at radius 1 is 1.54 bits per heavy atom. The number of fused-ring (bicyclic) bond motifs is 1. The first-order valence-electron chi connectivity index (χ1n) is 4.10. The predicted octanol–water partition coefficient (Wildman–Crippen LogP) is 1.25. The van der Waals surface area contributed by atoms with Gasteiger partial charge in [-0.3, -0.25) is 0 Å². The lowest BCUT2D eigenvalue weighted by atomic mass is 10.00. The highest BCUT2D eigenvalue weighted by molar-refractivity contribution is 5.85. The highest BCUT2D eigenvalue weighted by Gasteiger charge is 2.16. The molecular formula is C8H15Cl2N3. The molecule has 1 aliphatic rings. The number of nitrogens with two attached hydrogens (primary N) is 1. The van der Waals surface area contributed by atoms with Gasteiger partial charge in [-0.05, 0) is 18.9 Å². The van der Waals surface area contributed by atoms with Crippen LogP contribution in [0.4, 0.5) is 0 Å². The third kappa shape index (κ3) is 2.59. The lowest BCUT2D eigenvalue weighted by molar-refractivity contribution is 0.373. The Morgan fingerprint density at radius 3 is 3.00 bits per heavy atom. The fraction of sp³-hybridized carbons (Fsp3) is 0.625. The molecule has 13 heavy (non-hydrogen) atoms. The van der Waals surface area contributed by atoms with Crippen LogP contribution in [0.15, 0.2) is 12.4 Å². The van der Waals surface area contributed by atoms with Gasteiger partial charge in [0.2, 0.25) is 0 Å². The van der Waals surface area contributed by atoms with Crippen molar-refractivity contribution in [3.8, 4) is 0 Å². The minimum Gasteiger partial charge on any atom is -0.335 e. The van der Waals surface area contributed by atoms with Crippen LogP contribution in [0.3, 0.4) is 0 Å². The molecule has 76 valence electrons. The molecule has 2 N–H and O–H groups in total. The van der Waals surface area contributed by atoms with E-state index in [0.29, 0.717) is 5.92 Å². The van der Waals surface area contributed by atoms with E-state index in [1.807, 2.05) is 12.4 Å². The molecule has 0 radical (unpaired) electrons. The summed E-state index contributed by atoms with van der Waals surface area (Å²) >= 11 is 0. The molecule has 0 aliphatic carbocycles. The summed E-state index contributed by atoms with van der Waals surface area (Å²) in [5.41, 5.74) is 5.60. The summed E-state index contributed by atoms with van der Waals surface area (Å²) in [6.45, 7) is 1.86. The number of aryl methyl sites for hydroxylation is 1. The Bertz CT molecular complexity index is 249. The van der Waals surface area contributed by atoms with Gasteiger partial charge in [0.1, 0.15) is 5.82 Å². The average Bonchev–Trinajstić information content (AvgIpc) is 2.50. The zero-order valence-corrected chi connectivity index (χ0v) is 8.98. The monoisotopic (exact) mass is 223 g/mol. The molecule has 1 atom stereocenters. The van der Waals surface area contributed by atoms with Crippen LogP contribution < -0.4 is 5.73 Å². The second-order valence-electron chi connectivity index (χ2n) is 3.14. The van der Waals surface area contributed by atoms with E-state index in [-0.39, 0.29) is 24.8 Å². The summed E-state index contributed by atoms with van der Waals surface area (Å²) < 4.78 is 2.21. The molecule has 2 heterocycles. The number of hydrogen-bond donors (Lipinski definition) is 1. The topological polar surface area (TPSA) is 43.8 Å². The van der Waals surface area contributed by atoms with Crippen molar-refractivity contribution >= 4 is 24.8 Å². The van der Waals surface area contributed by atoms with Crippen molar-refractivity contribution in [3.05, 3.63) is 18.2 Å². The fourth-order valence-electron chi connectivity index (χ4n) is 1.63. The third-order valence-corrected chi connectivity index (χ3v) is 2.37. The van der Waals surface area contributed by atoms with E-state index in [1.165, 1.54) is 12.2 Å². The lowest BCUT2D eigenvalue weighted by Crippen LogP contribution is -2.25. The maximum Gasteiger partial charge on any atom is 0.108 e. The van der Waals surface area contributed by atoms with E-state index in [0.717, 1.165) is 19.5 Å². The van der Waals surface area contributed by atoms with Gasteiger partial charge in [0.15, 0.2) is 0 Å². The summed E-state index contributed by atoms with van der Waals surface area (Å²) in [6, 6.07) is 0. The standard InChI is InChI=1S/C8H13N3.2ClH/c9-5-7-1-2-8-10-3-4-11(8)6-7;;/h3-4,7H,1-2,5-6,9H2;2*1H. The van der Waals surface area contributed by atoms with Gasteiger partial charge >= 0.3 is 0 Å². The van der Waals surface area contributed by atoms with E-state index in [2.05, 4.69) is 9.55 Å². The number of rotatable bonds is 1. The molecule has 0 aromatic carbocycles. The second-order valence-corrected chi connectivity index (χ2v) is 3.14. The molecule has 0 bridgehead atoms. The predicted molar refractivity (Wildman–Crippen MR) is 57.6 cm³/mol. The van der Waals surface area contributed by atoms with Crippen LogP contribution in [0.1, 0.15) is 12.2 Å². The number of imidazole rings is 1. The van der Waals surface area contributed by atoms with Crippen molar-refractivity contribution in [1.29, 1.82) is 0 Å². The summed E-state index contributed by atoms with van der Waals surface area (Å²) in [5.74, 6) is 1.88. The zero-order chi connectivity index (χ0) is 7.68. The van der Waals surface area contributed by atoms with Crippen molar-refractivity contribution in [2.75, 3.05) is 6.54 Å². The smallest absolute Gasteiger partial charge is 0.108 e. The normalized spacial score (nSPS) is 19.6.